The maximum atomic E-state index is 12.9. The van der Waals surface area contributed by atoms with Gasteiger partial charge in [-0.3, -0.25) is 0 Å². The standard InChI is InChI=1S/C15H10FN3/c1-19-14-7-2-10(9-17)8-13(14)18-15(19)11-3-5-12(16)6-4-11/h2-8H,1H3. The zero-order valence-corrected chi connectivity index (χ0v) is 10.3. The quantitative estimate of drug-likeness (QED) is 0.666. The van der Waals surface area contributed by atoms with Gasteiger partial charge in [0.05, 0.1) is 22.7 Å². The largest absolute Gasteiger partial charge is 0.327 e. The van der Waals surface area contributed by atoms with Crippen LogP contribution in [0.4, 0.5) is 4.39 Å². The first-order chi connectivity index (χ1) is 9.19. The highest BCUT2D eigenvalue weighted by atomic mass is 19.1. The van der Waals surface area contributed by atoms with Crippen molar-refractivity contribution in [1.29, 1.82) is 5.26 Å². The van der Waals surface area contributed by atoms with Crippen LogP contribution >= 0.6 is 0 Å². The average molecular weight is 251 g/mol. The van der Waals surface area contributed by atoms with E-state index >= 15 is 0 Å². The maximum Gasteiger partial charge on any atom is 0.140 e. The van der Waals surface area contributed by atoms with E-state index in [1.165, 1.54) is 12.1 Å². The SMILES string of the molecule is Cn1c(-c2ccc(F)cc2)nc2cc(C#N)ccc21. The molecule has 92 valence electrons. The maximum absolute atomic E-state index is 12.9. The summed E-state index contributed by atoms with van der Waals surface area (Å²) in [5.74, 6) is 0.486. The van der Waals surface area contributed by atoms with Gasteiger partial charge in [0, 0.05) is 12.6 Å². The lowest BCUT2D eigenvalue weighted by Gasteiger charge is -2.02. The number of nitriles is 1. The molecule has 0 saturated heterocycles. The summed E-state index contributed by atoms with van der Waals surface area (Å²) in [6, 6.07) is 13.7. The molecule has 19 heavy (non-hydrogen) atoms. The Hall–Kier alpha value is -2.67. The Labute approximate surface area is 109 Å². The molecule has 0 unspecified atom stereocenters. The van der Waals surface area contributed by atoms with Crippen LogP contribution in [0.5, 0.6) is 0 Å². The van der Waals surface area contributed by atoms with Gasteiger partial charge in [-0.1, -0.05) is 0 Å². The van der Waals surface area contributed by atoms with Crippen molar-refractivity contribution >= 4 is 11.0 Å². The lowest BCUT2D eigenvalue weighted by Crippen LogP contribution is -1.92. The first-order valence-corrected chi connectivity index (χ1v) is 5.81. The van der Waals surface area contributed by atoms with Gasteiger partial charge >= 0.3 is 0 Å². The third kappa shape index (κ3) is 1.85. The Balaban J connectivity index is 2.22. The number of hydrogen-bond donors (Lipinski definition) is 0. The number of imidazole rings is 1. The number of fused-ring (bicyclic) bond motifs is 1. The van der Waals surface area contributed by atoms with Gasteiger partial charge in [0.25, 0.3) is 0 Å². The van der Waals surface area contributed by atoms with Crippen LogP contribution < -0.4 is 0 Å². The van der Waals surface area contributed by atoms with E-state index in [-0.39, 0.29) is 5.82 Å². The van der Waals surface area contributed by atoms with E-state index in [0.29, 0.717) is 5.56 Å². The molecule has 4 heteroatoms. The van der Waals surface area contributed by atoms with Crippen molar-refractivity contribution in [2.24, 2.45) is 7.05 Å². The molecule has 0 aliphatic carbocycles. The molecule has 0 aliphatic rings. The summed E-state index contributed by atoms with van der Waals surface area (Å²) in [4.78, 5) is 4.51. The Bertz CT molecular complexity index is 795. The fraction of sp³-hybridized carbons (Fsp3) is 0.0667. The van der Waals surface area contributed by atoms with E-state index in [9.17, 15) is 4.39 Å². The molecule has 1 heterocycles. The van der Waals surface area contributed by atoms with Crippen molar-refractivity contribution in [3.63, 3.8) is 0 Å². The minimum absolute atomic E-state index is 0.269. The van der Waals surface area contributed by atoms with E-state index < -0.39 is 0 Å². The number of nitrogens with zero attached hydrogens (tertiary/aromatic N) is 3. The molecule has 0 N–H and O–H groups in total. The highest BCUT2D eigenvalue weighted by Gasteiger charge is 2.10. The molecule has 0 radical (unpaired) electrons. The van der Waals surface area contributed by atoms with E-state index in [1.54, 1.807) is 24.3 Å². The highest BCUT2D eigenvalue weighted by molar-refractivity contribution is 5.81. The molecule has 3 rings (SSSR count). The van der Waals surface area contributed by atoms with Gasteiger partial charge in [-0.2, -0.15) is 5.26 Å². The summed E-state index contributed by atoms with van der Waals surface area (Å²) in [7, 11) is 1.90. The number of aromatic nitrogens is 2. The molecule has 3 aromatic rings. The van der Waals surface area contributed by atoms with Gasteiger partial charge in [-0.15, -0.1) is 0 Å². The van der Waals surface area contributed by atoms with Crippen LogP contribution in [0.2, 0.25) is 0 Å². The molecule has 0 aliphatic heterocycles. The molecule has 0 atom stereocenters. The third-order valence-electron chi connectivity index (χ3n) is 3.11. The first-order valence-electron chi connectivity index (χ1n) is 5.81. The van der Waals surface area contributed by atoms with Crippen LogP contribution in [-0.2, 0) is 7.05 Å². The monoisotopic (exact) mass is 251 g/mol. The predicted octanol–water partition coefficient (Wildman–Crippen LogP) is 3.25. The summed E-state index contributed by atoms with van der Waals surface area (Å²) < 4.78 is 14.9. The topological polar surface area (TPSA) is 41.6 Å². The lowest BCUT2D eigenvalue weighted by molar-refractivity contribution is 0.628. The molecule has 0 saturated carbocycles. The van der Waals surface area contributed by atoms with Crippen LogP contribution in [0.1, 0.15) is 5.56 Å². The summed E-state index contributed by atoms with van der Waals surface area (Å²) in [6.07, 6.45) is 0. The van der Waals surface area contributed by atoms with Crippen molar-refractivity contribution in [2.75, 3.05) is 0 Å². The average Bonchev–Trinajstić information content (AvgIpc) is 2.76. The Morgan fingerprint density at radius 1 is 1.16 bits per heavy atom. The molecule has 1 aromatic heterocycles. The zero-order chi connectivity index (χ0) is 13.4. The number of benzene rings is 2. The highest BCUT2D eigenvalue weighted by Crippen LogP contribution is 2.24. The molecule has 0 fully saturated rings. The Morgan fingerprint density at radius 2 is 1.89 bits per heavy atom. The molecule has 3 nitrogen and oxygen atoms in total. The Morgan fingerprint density at radius 3 is 2.58 bits per heavy atom. The number of rotatable bonds is 1. The van der Waals surface area contributed by atoms with Crippen molar-refractivity contribution < 1.29 is 4.39 Å². The van der Waals surface area contributed by atoms with Crippen molar-refractivity contribution in [2.45, 2.75) is 0 Å². The second-order valence-corrected chi connectivity index (χ2v) is 4.32. The van der Waals surface area contributed by atoms with Gasteiger partial charge in [0.15, 0.2) is 0 Å². The zero-order valence-electron chi connectivity index (χ0n) is 10.3. The van der Waals surface area contributed by atoms with Crippen molar-refractivity contribution in [3.05, 3.63) is 53.8 Å². The summed E-state index contributed by atoms with van der Waals surface area (Å²) in [6.45, 7) is 0. The van der Waals surface area contributed by atoms with Crippen molar-refractivity contribution in [3.8, 4) is 17.5 Å². The number of halogens is 1. The Kier molecular flexibility index (Phi) is 2.53. The molecular formula is C15H10FN3. The van der Waals surface area contributed by atoms with Crippen LogP contribution in [0.25, 0.3) is 22.4 Å². The minimum atomic E-state index is -0.269. The van der Waals surface area contributed by atoms with Crippen LogP contribution in [0, 0.1) is 17.1 Å². The fourth-order valence-corrected chi connectivity index (χ4v) is 2.13. The number of hydrogen-bond acceptors (Lipinski definition) is 2. The van der Waals surface area contributed by atoms with Crippen molar-refractivity contribution in [1.82, 2.24) is 9.55 Å². The van der Waals surface area contributed by atoms with E-state index in [0.717, 1.165) is 22.4 Å². The second kappa shape index (κ2) is 4.21. The molecule has 0 spiro atoms. The smallest absolute Gasteiger partial charge is 0.140 e. The van der Waals surface area contributed by atoms with E-state index in [4.69, 9.17) is 5.26 Å². The van der Waals surface area contributed by atoms with Gasteiger partial charge in [0.2, 0.25) is 0 Å². The molecular weight excluding hydrogens is 241 g/mol. The van der Waals surface area contributed by atoms with Gasteiger partial charge in [-0.05, 0) is 42.5 Å². The molecule has 0 bridgehead atoms. The van der Waals surface area contributed by atoms with E-state index in [1.807, 2.05) is 17.7 Å². The number of aryl methyl sites for hydroxylation is 1. The van der Waals surface area contributed by atoms with E-state index in [2.05, 4.69) is 11.1 Å². The fourth-order valence-electron chi connectivity index (χ4n) is 2.13. The molecule has 0 amide bonds. The van der Waals surface area contributed by atoms with Gasteiger partial charge in [-0.25, -0.2) is 9.37 Å². The predicted molar refractivity (Wildman–Crippen MR) is 70.8 cm³/mol. The summed E-state index contributed by atoms with van der Waals surface area (Å²) in [5.41, 5.74) is 3.13. The normalized spacial score (nSPS) is 10.6. The third-order valence-corrected chi connectivity index (χ3v) is 3.11. The lowest BCUT2D eigenvalue weighted by atomic mass is 10.2. The van der Waals surface area contributed by atoms with Gasteiger partial charge < -0.3 is 4.57 Å². The van der Waals surface area contributed by atoms with Crippen LogP contribution in [-0.4, -0.2) is 9.55 Å². The second-order valence-electron chi connectivity index (χ2n) is 4.32. The summed E-state index contributed by atoms with van der Waals surface area (Å²) >= 11 is 0. The first kappa shape index (κ1) is 11.4. The van der Waals surface area contributed by atoms with Crippen LogP contribution in [0.3, 0.4) is 0 Å². The minimum Gasteiger partial charge on any atom is -0.327 e. The molecule has 2 aromatic carbocycles. The summed E-state index contributed by atoms with van der Waals surface area (Å²) in [5, 5.41) is 8.89. The van der Waals surface area contributed by atoms with Crippen LogP contribution in [0.15, 0.2) is 42.5 Å². The van der Waals surface area contributed by atoms with Gasteiger partial charge in [0.1, 0.15) is 11.6 Å².